The molecule has 0 radical (unpaired) electrons. The average molecular weight is 276 g/mol. The maximum absolute atomic E-state index is 12.2. The summed E-state index contributed by atoms with van der Waals surface area (Å²) >= 11 is 1.51. The fraction of sp³-hybridized carbons (Fsp3) is 0.385. The molecule has 1 amide bonds. The third-order valence-corrected chi connectivity index (χ3v) is 4.79. The summed E-state index contributed by atoms with van der Waals surface area (Å²) in [5.41, 5.74) is 2.68. The number of thiophene rings is 1. The van der Waals surface area contributed by atoms with Crippen molar-refractivity contribution in [3.8, 4) is 10.4 Å². The predicted octanol–water partition coefficient (Wildman–Crippen LogP) is 2.36. The summed E-state index contributed by atoms with van der Waals surface area (Å²) in [7, 11) is 2.00. The molecule has 5 nitrogen and oxygen atoms in total. The van der Waals surface area contributed by atoms with Gasteiger partial charge in [-0.25, -0.2) is 0 Å². The molecule has 3 rings (SSSR count). The Hall–Kier alpha value is -1.82. The van der Waals surface area contributed by atoms with Crippen LogP contribution < -0.4 is 10.2 Å². The van der Waals surface area contributed by atoms with Gasteiger partial charge in [0.25, 0.3) is 5.91 Å². The minimum absolute atomic E-state index is 0.00417. The molecule has 0 unspecified atom stereocenters. The number of amides is 1. The number of aromatic amines is 1. The summed E-state index contributed by atoms with van der Waals surface area (Å²) in [4.78, 5) is 16.1. The van der Waals surface area contributed by atoms with E-state index in [9.17, 15) is 4.79 Å². The number of anilines is 1. The molecule has 6 heteroatoms. The summed E-state index contributed by atoms with van der Waals surface area (Å²) in [6.07, 6.45) is 1.80. The smallest absolute Gasteiger partial charge is 0.265 e. The molecular formula is C13H16N4OS. The van der Waals surface area contributed by atoms with Crippen LogP contribution >= 0.6 is 11.3 Å². The molecule has 19 heavy (non-hydrogen) atoms. The number of hydrogen-bond donors (Lipinski definition) is 2. The van der Waals surface area contributed by atoms with E-state index in [2.05, 4.69) is 26.5 Å². The molecule has 0 fully saturated rings. The predicted molar refractivity (Wildman–Crippen MR) is 76.6 cm³/mol. The topological polar surface area (TPSA) is 61.0 Å². The van der Waals surface area contributed by atoms with Crippen molar-refractivity contribution in [3.05, 3.63) is 22.8 Å². The van der Waals surface area contributed by atoms with E-state index in [-0.39, 0.29) is 11.6 Å². The van der Waals surface area contributed by atoms with E-state index < -0.39 is 0 Å². The summed E-state index contributed by atoms with van der Waals surface area (Å²) in [5.74, 6) is -0.00417. The van der Waals surface area contributed by atoms with Crippen molar-refractivity contribution in [1.29, 1.82) is 0 Å². The maximum Gasteiger partial charge on any atom is 0.265 e. The van der Waals surface area contributed by atoms with Crippen LogP contribution in [0.4, 0.5) is 5.69 Å². The highest BCUT2D eigenvalue weighted by atomic mass is 32.1. The molecule has 3 heterocycles. The van der Waals surface area contributed by atoms with E-state index in [1.807, 2.05) is 27.8 Å². The van der Waals surface area contributed by atoms with Gasteiger partial charge in [-0.05, 0) is 26.8 Å². The molecule has 0 saturated carbocycles. The van der Waals surface area contributed by atoms with Crippen molar-refractivity contribution in [3.63, 3.8) is 0 Å². The number of hydrogen-bond acceptors (Lipinski definition) is 4. The number of aromatic nitrogens is 2. The Morgan fingerprint density at radius 3 is 2.79 bits per heavy atom. The Labute approximate surface area is 115 Å². The molecular weight excluding hydrogens is 260 g/mol. The van der Waals surface area contributed by atoms with Crippen molar-refractivity contribution >= 4 is 22.9 Å². The highest BCUT2D eigenvalue weighted by Crippen LogP contribution is 2.41. The number of carbonyl (C=O) groups excluding carboxylic acids is 1. The monoisotopic (exact) mass is 276 g/mol. The van der Waals surface area contributed by atoms with Gasteiger partial charge >= 0.3 is 0 Å². The number of fused-ring (bicyclic) bond motifs is 1. The molecule has 0 atom stereocenters. The van der Waals surface area contributed by atoms with Crippen LogP contribution in [0.3, 0.4) is 0 Å². The second-order valence-corrected chi connectivity index (χ2v) is 6.36. The third kappa shape index (κ3) is 1.74. The largest absolute Gasteiger partial charge is 0.351 e. The van der Waals surface area contributed by atoms with Crippen LogP contribution in [-0.4, -0.2) is 28.8 Å². The Morgan fingerprint density at radius 2 is 2.16 bits per heavy atom. The molecule has 0 aliphatic carbocycles. The van der Waals surface area contributed by atoms with Crippen LogP contribution in [0.2, 0.25) is 0 Å². The lowest BCUT2D eigenvalue weighted by Gasteiger charge is -2.41. The van der Waals surface area contributed by atoms with E-state index >= 15 is 0 Å². The van der Waals surface area contributed by atoms with Gasteiger partial charge in [0.05, 0.1) is 11.9 Å². The van der Waals surface area contributed by atoms with Crippen LogP contribution in [0.1, 0.15) is 29.2 Å². The summed E-state index contributed by atoms with van der Waals surface area (Å²) in [5, 5.41) is 9.98. The fourth-order valence-corrected chi connectivity index (χ4v) is 3.40. The van der Waals surface area contributed by atoms with Gasteiger partial charge in [0.2, 0.25) is 0 Å². The Morgan fingerprint density at radius 1 is 1.42 bits per heavy atom. The number of rotatable bonds is 1. The summed E-state index contributed by atoms with van der Waals surface area (Å²) in [6, 6.07) is 2.07. The molecule has 2 aromatic heterocycles. The molecule has 100 valence electrons. The Kier molecular flexibility index (Phi) is 2.47. The SMILES string of the molecule is Cc1[nH]ncc1-c1cc2c(s1)C(=O)NC(C)(C)N2C. The number of carbonyl (C=O) groups is 1. The van der Waals surface area contributed by atoms with Crippen LogP contribution in [-0.2, 0) is 0 Å². The molecule has 2 aromatic rings. The van der Waals surface area contributed by atoms with E-state index in [1.165, 1.54) is 11.3 Å². The second-order valence-electron chi connectivity index (χ2n) is 5.31. The second kappa shape index (κ2) is 3.84. The Bertz CT molecular complexity index is 655. The maximum atomic E-state index is 12.2. The molecule has 0 aromatic carbocycles. The van der Waals surface area contributed by atoms with Crippen molar-refractivity contribution in [1.82, 2.24) is 15.5 Å². The quantitative estimate of drug-likeness (QED) is 0.840. The van der Waals surface area contributed by atoms with Gasteiger partial charge in [0.1, 0.15) is 10.5 Å². The van der Waals surface area contributed by atoms with Gasteiger partial charge in [-0.1, -0.05) is 0 Å². The van der Waals surface area contributed by atoms with Gasteiger partial charge in [0, 0.05) is 23.2 Å². The Balaban J connectivity index is 2.14. The zero-order valence-corrected chi connectivity index (χ0v) is 12.2. The van der Waals surface area contributed by atoms with E-state index in [4.69, 9.17) is 0 Å². The molecule has 0 bridgehead atoms. The van der Waals surface area contributed by atoms with Gasteiger partial charge in [-0.3, -0.25) is 9.89 Å². The summed E-state index contributed by atoms with van der Waals surface area (Å²) < 4.78 is 0. The van der Waals surface area contributed by atoms with E-state index in [0.29, 0.717) is 0 Å². The summed E-state index contributed by atoms with van der Waals surface area (Å²) in [6.45, 7) is 5.97. The van der Waals surface area contributed by atoms with E-state index in [1.54, 1.807) is 6.20 Å². The molecule has 1 aliphatic rings. The molecule has 0 saturated heterocycles. The zero-order valence-electron chi connectivity index (χ0n) is 11.4. The van der Waals surface area contributed by atoms with Gasteiger partial charge in [-0.2, -0.15) is 5.10 Å². The minimum atomic E-state index is -0.367. The van der Waals surface area contributed by atoms with E-state index in [0.717, 1.165) is 26.7 Å². The molecule has 1 aliphatic heterocycles. The highest BCUT2D eigenvalue weighted by molar-refractivity contribution is 7.18. The lowest BCUT2D eigenvalue weighted by atomic mass is 10.1. The first-order valence-corrected chi connectivity index (χ1v) is 6.92. The van der Waals surface area contributed by atoms with Crippen molar-refractivity contribution in [2.45, 2.75) is 26.4 Å². The van der Waals surface area contributed by atoms with Gasteiger partial charge < -0.3 is 10.2 Å². The zero-order chi connectivity index (χ0) is 13.8. The molecule has 0 spiro atoms. The number of nitrogens with zero attached hydrogens (tertiary/aromatic N) is 2. The number of aryl methyl sites for hydroxylation is 1. The standard InChI is InChI=1S/C13H16N4OS/c1-7-8(6-14-16-7)10-5-9-11(19-10)12(18)15-13(2,3)17(9)4/h5-6H,1-4H3,(H,14,16)(H,15,18). The molecule has 2 N–H and O–H groups in total. The van der Waals surface area contributed by atoms with Crippen LogP contribution in [0.15, 0.2) is 12.3 Å². The first kappa shape index (κ1) is 12.2. The van der Waals surface area contributed by atoms with Gasteiger partial charge in [0.15, 0.2) is 0 Å². The highest BCUT2D eigenvalue weighted by Gasteiger charge is 2.36. The van der Waals surface area contributed by atoms with Crippen molar-refractivity contribution < 1.29 is 4.79 Å². The minimum Gasteiger partial charge on any atom is -0.351 e. The average Bonchev–Trinajstić information content (AvgIpc) is 2.91. The van der Waals surface area contributed by atoms with Crippen molar-refractivity contribution in [2.24, 2.45) is 0 Å². The third-order valence-electron chi connectivity index (χ3n) is 3.63. The van der Waals surface area contributed by atoms with Crippen molar-refractivity contribution in [2.75, 3.05) is 11.9 Å². The fourth-order valence-electron chi connectivity index (χ4n) is 2.24. The van der Waals surface area contributed by atoms with Crippen LogP contribution in [0.5, 0.6) is 0 Å². The first-order valence-electron chi connectivity index (χ1n) is 6.10. The number of H-pyrrole nitrogens is 1. The van der Waals surface area contributed by atoms with Crippen LogP contribution in [0, 0.1) is 6.92 Å². The normalized spacial score (nSPS) is 17.3. The van der Waals surface area contributed by atoms with Gasteiger partial charge in [-0.15, -0.1) is 11.3 Å². The first-order chi connectivity index (χ1) is 8.90. The van der Waals surface area contributed by atoms with Crippen LogP contribution in [0.25, 0.3) is 10.4 Å². The lowest BCUT2D eigenvalue weighted by Crippen LogP contribution is -2.58. The lowest BCUT2D eigenvalue weighted by molar-refractivity contribution is 0.0905. The number of nitrogens with one attached hydrogen (secondary N) is 2.